The van der Waals surface area contributed by atoms with Gasteiger partial charge in [0.15, 0.2) is 0 Å². The quantitative estimate of drug-likeness (QED) is 0.842. The number of aromatic nitrogens is 1. The van der Waals surface area contributed by atoms with Gasteiger partial charge in [-0.15, -0.1) is 0 Å². The van der Waals surface area contributed by atoms with E-state index in [4.69, 9.17) is 17.3 Å². The van der Waals surface area contributed by atoms with Gasteiger partial charge in [-0.2, -0.15) is 0 Å². The number of anilines is 1. The SMILES string of the molecule is Nc1cc(Cc2ccc(Cl)cc2)ccn1. The molecular weight excluding hydrogens is 208 g/mol. The first-order valence-corrected chi connectivity index (χ1v) is 5.07. The maximum atomic E-state index is 5.81. The molecule has 3 heteroatoms. The summed E-state index contributed by atoms with van der Waals surface area (Å²) >= 11 is 5.81. The molecule has 0 bridgehead atoms. The number of rotatable bonds is 2. The second-order valence-corrected chi connectivity index (χ2v) is 3.83. The van der Waals surface area contributed by atoms with Gasteiger partial charge in [-0.05, 0) is 41.8 Å². The molecule has 0 saturated heterocycles. The lowest BCUT2D eigenvalue weighted by molar-refractivity contribution is 1.17. The maximum Gasteiger partial charge on any atom is 0.123 e. The van der Waals surface area contributed by atoms with Crippen LogP contribution < -0.4 is 5.73 Å². The fourth-order valence-electron chi connectivity index (χ4n) is 1.44. The minimum Gasteiger partial charge on any atom is -0.384 e. The van der Waals surface area contributed by atoms with Gasteiger partial charge >= 0.3 is 0 Å². The highest BCUT2D eigenvalue weighted by Crippen LogP contribution is 2.14. The molecule has 0 atom stereocenters. The maximum absolute atomic E-state index is 5.81. The highest BCUT2D eigenvalue weighted by atomic mass is 35.5. The van der Waals surface area contributed by atoms with Gasteiger partial charge in [0.25, 0.3) is 0 Å². The molecule has 0 aliphatic heterocycles. The topological polar surface area (TPSA) is 38.9 Å². The van der Waals surface area contributed by atoms with Gasteiger partial charge in [-0.3, -0.25) is 0 Å². The van der Waals surface area contributed by atoms with E-state index in [9.17, 15) is 0 Å². The molecule has 76 valence electrons. The second kappa shape index (κ2) is 4.32. The summed E-state index contributed by atoms with van der Waals surface area (Å²) in [5.74, 6) is 0.557. The number of pyridine rings is 1. The Kier molecular flexibility index (Phi) is 2.88. The predicted octanol–water partition coefficient (Wildman–Crippen LogP) is 2.91. The number of hydrogen-bond acceptors (Lipinski definition) is 2. The third kappa shape index (κ3) is 2.70. The molecule has 2 N–H and O–H groups in total. The van der Waals surface area contributed by atoms with Crippen LogP contribution in [0.3, 0.4) is 0 Å². The molecule has 0 spiro atoms. The molecule has 15 heavy (non-hydrogen) atoms. The van der Waals surface area contributed by atoms with Crippen molar-refractivity contribution in [3.05, 3.63) is 58.7 Å². The average molecular weight is 219 g/mol. The van der Waals surface area contributed by atoms with Crippen LogP contribution in [-0.2, 0) is 6.42 Å². The van der Waals surface area contributed by atoms with Crippen LogP contribution in [0.15, 0.2) is 42.6 Å². The summed E-state index contributed by atoms with van der Waals surface area (Å²) in [4.78, 5) is 3.95. The summed E-state index contributed by atoms with van der Waals surface area (Å²) in [7, 11) is 0. The van der Waals surface area contributed by atoms with Crippen LogP contribution in [0.4, 0.5) is 5.82 Å². The van der Waals surface area contributed by atoms with E-state index in [1.807, 2.05) is 36.4 Å². The third-order valence-corrected chi connectivity index (χ3v) is 2.42. The van der Waals surface area contributed by atoms with Crippen molar-refractivity contribution in [2.24, 2.45) is 0 Å². The van der Waals surface area contributed by atoms with Gasteiger partial charge < -0.3 is 5.73 Å². The third-order valence-electron chi connectivity index (χ3n) is 2.17. The smallest absolute Gasteiger partial charge is 0.123 e. The van der Waals surface area contributed by atoms with Gasteiger partial charge in [0.05, 0.1) is 0 Å². The Morgan fingerprint density at radius 2 is 1.80 bits per heavy atom. The molecule has 0 amide bonds. The normalized spacial score (nSPS) is 10.2. The van der Waals surface area contributed by atoms with Crippen molar-refractivity contribution in [3.63, 3.8) is 0 Å². The van der Waals surface area contributed by atoms with Crippen LogP contribution in [0, 0.1) is 0 Å². The molecule has 1 aromatic heterocycles. The highest BCUT2D eigenvalue weighted by molar-refractivity contribution is 6.30. The van der Waals surface area contributed by atoms with E-state index >= 15 is 0 Å². The fraction of sp³-hybridized carbons (Fsp3) is 0.0833. The van der Waals surface area contributed by atoms with Gasteiger partial charge in [-0.25, -0.2) is 4.98 Å². The van der Waals surface area contributed by atoms with Crippen LogP contribution in [0.5, 0.6) is 0 Å². The number of halogens is 1. The van der Waals surface area contributed by atoms with Gasteiger partial charge in [0, 0.05) is 11.2 Å². The molecule has 0 unspecified atom stereocenters. The van der Waals surface area contributed by atoms with E-state index in [0.717, 1.165) is 17.0 Å². The largest absolute Gasteiger partial charge is 0.384 e. The van der Waals surface area contributed by atoms with Gasteiger partial charge in [0.1, 0.15) is 5.82 Å². The van der Waals surface area contributed by atoms with Crippen molar-refractivity contribution in [3.8, 4) is 0 Å². The minimum absolute atomic E-state index is 0.557. The Morgan fingerprint density at radius 1 is 1.07 bits per heavy atom. The van der Waals surface area contributed by atoms with E-state index in [0.29, 0.717) is 5.82 Å². The molecule has 0 radical (unpaired) electrons. The van der Waals surface area contributed by atoms with Crippen LogP contribution in [0.25, 0.3) is 0 Å². The van der Waals surface area contributed by atoms with Crippen molar-refractivity contribution < 1.29 is 0 Å². The zero-order valence-electron chi connectivity index (χ0n) is 8.15. The number of nitrogens with two attached hydrogens (primary N) is 1. The monoisotopic (exact) mass is 218 g/mol. The number of nitrogen functional groups attached to an aromatic ring is 1. The van der Waals surface area contributed by atoms with Gasteiger partial charge in [0.2, 0.25) is 0 Å². The Balaban J connectivity index is 2.18. The first kappa shape index (κ1) is 9.99. The Bertz CT molecular complexity index is 451. The van der Waals surface area contributed by atoms with Crippen LogP contribution in [0.2, 0.25) is 5.02 Å². The standard InChI is InChI=1S/C12H11ClN2/c13-11-3-1-9(2-4-11)7-10-5-6-15-12(14)8-10/h1-6,8H,7H2,(H2,14,15). The molecule has 2 rings (SSSR count). The van der Waals surface area contributed by atoms with Gasteiger partial charge in [-0.1, -0.05) is 23.7 Å². The summed E-state index contributed by atoms with van der Waals surface area (Å²) in [5, 5.41) is 0.757. The molecule has 0 saturated carbocycles. The van der Waals surface area contributed by atoms with Crippen molar-refractivity contribution in [2.45, 2.75) is 6.42 Å². The van der Waals surface area contributed by atoms with E-state index < -0.39 is 0 Å². The molecule has 2 aromatic rings. The van der Waals surface area contributed by atoms with Crippen LogP contribution >= 0.6 is 11.6 Å². The number of benzene rings is 1. The highest BCUT2D eigenvalue weighted by Gasteiger charge is 1.97. The van der Waals surface area contributed by atoms with E-state index in [1.165, 1.54) is 5.56 Å². The van der Waals surface area contributed by atoms with E-state index in [1.54, 1.807) is 6.20 Å². The van der Waals surface area contributed by atoms with Crippen molar-refractivity contribution in [1.29, 1.82) is 0 Å². The summed E-state index contributed by atoms with van der Waals surface area (Å²) in [6.45, 7) is 0. The lowest BCUT2D eigenvalue weighted by Crippen LogP contribution is -1.93. The number of hydrogen-bond donors (Lipinski definition) is 1. The predicted molar refractivity (Wildman–Crippen MR) is 62.9 cm³/mol. The first-order valence-electron chi connectivity index (χ1n) is 4.69. The van der Waals surface area contributed by atoms with E-state index in [-0.39, 0.29) is 0 Å². The fourth-order valence-corrected chi connectivity index (χ4v) is 1.57. The van der Waals surface area contributed by atoms with Crippen molar-refractivity contribution in [1.82, 2.24) is 4.98 Å². The zero-order chi connectivity index (χ0) is 10.7. The molecule has 1 aromatic carbocycles. The summed E-state index contributed by atoms with van der Waals surface area (Å²) < 4.78 is 0. The Labute approximate surface area is 93.7 Å². The zero-order valence-corrected chi connectivity index (χ0v) is 8.91. The molecule has 0 aliphatic rings. The van der Waals surface area contributed by atoms with Crippen molar-refractivity contribution in [2.75, 3.05) is 5.73 Å². The lowest BCUT2D eigenvalue weighted by Gasteiger charge is -2.02. The number of nitrogens with zero attached hydrogens (tertiary/aromatic N) is 1. The average Bonchev–Trinajstić information content (AvgIpc) is 2.22. The van der Waals surface area contributed by atoms with Crippen LogP contribution in [0.1, 0.15) is 11.1 Å². The molecule has 0 fully saturated rings. The minimum atomic E-state index is 0.557. The Hall–Kier alpha value is -1.54. The molecule has 0 aliphatic carbocycles. The molecule has 2 nitrogen and oxygen atoms in total. The lowest BCUT2D eigenvalue weighted by atomic mass is 10.1. The van der Waals surface area contributed by atoms with Crippen molar-refractivity contribution >= 4 is 17.4 Å². The molecule has 1 heterocycles. The summed E-state index contributed by atoms with van der Waals surface area (Å²) in [5.41, 5.74) is 7.97. The van der Waals surface area contributed by atoms with E-state index in [2.05, 4.69) is 4.98 Å². The second-order valence-electron chi connectivity index (χ2n) is 3.39. The first-order chi connectivity index (χ1) is 7.24. The van der Waals surface area contributed by atoms with Crippen LogP contribution in [-0.4, -0.2) is 4.98 Å². The summed E-state index contributed by atoms with van der Waals surface area (Å²) in [6.07, 6.45) is 2.57. The Morgan fingerprint density at radius 3 is 2.47 bits per heavy atom. The summed E-state index contributed by atoms with van der Waals surface area (Å²) in [6, 6.07) is 11.7. The molecular formula is C12H11ClN2.